The highest BCUT2D eigenvalue weighted by atomic mass is 19.1. The minimum absolute atomic E-state index is 0.112. The van der Waals surface area contributed by atoms with Crippen molar-refractivity contribution < 1.29 is 9.13 Å². The Morgan fingerprint density at radius 1 is 1.16 bits per heavy atom. The van der Waals surface area contributed by atoms with E-state index in [1.807, 2.05) is 6.07 Å². The molecule has 1 N–H and O–H groups in total. The number of rotatable bonds is 3. The van der Waals surface area contributed by atoms with Crippen molar-refractivity contribution in [3.05, 3.63) is 35.1 Å². The molecule has 3 aliphatic rings. The number of nitrogens with one attached hydrogen (secondary N) is 1. The van der Waals surface area contributed by atoms with Gasteiger partial charge < -0.3 is 10.1 Å². The Bertz CT molecular complexity index is 486. The first-order chi connectivity index (χ1) is 9.31. The molecule has 3 heteroatoms. The van der Waals surface area contributed by atoms with Gasteiger partial charge in [-0.25, -0.2) is 4.39 Å². The van der Waals surface area contributed by atoms with Gasteiger partial charge in [-0.15, -0.1) is 0 Å². The molecule has 2 fully saturated rings. The SMILES string of the molecule is Fc1ccc2c(c1)CCC2NC1CCOC1C1CC1. The molecule has 1 aliphatic heterocycles. The zero-order valence-corrected chi connectivity index (χ0v) is 11.1. The highest BCUT2D eigenvalue weighted by Gasteiger charge is 2.41. The minimum atomic E-state index is -0.112. The van der Waals surface area contributed by atoms with Crippen LogP contribution >= 0.6 is 0 Å². The van der Waals surface area contributed by atoms with Crippen molar-refractivity contribution in [2.75, 3.05) is 6.61 Å². The van der Waals surface area contributed by atoms with Crippen LogP contribution in [-0.4, -0.2) is 18.8 Å². The van der Waals surface area contributed by atoms with Crippen molar-refractivity contribution in [1.82, 2.24) is 5.32 Å². The summed E-state index contributed by atoms with van der Waals surface area (Å²) in [6, 6.07) is 6.12. The molecule has 19 heavy (non-hydrogen) atoms. The van der Waals surface area contributed by atoms with E-state index in [-0.39, 0.29) is 5.82 Å². The third kappa shape index (κ3) is 2.19. The normalized spacial score (nSPS) is 33.6. The Morgan fingerprint density at radius 2 is 2.05 bits per heavy atom. The largest absolute Gasteiger partial charge is 0.376 e. The van der Waals surface area contributed by atoms with Crippen molar-refractivity contribution in [2.45, 2.75) is 50.3 Å². The number of hydrogen-bond donors (Lipinski definition) is 1. The highest BCUT2D eigenvalue weighted by molar-refractivity contribution is 5.35. The molecule has 0 amide bonds. The van der Waals surface area contributed by atoms with Gasteiger partial charge in [-0.1, -0.05) is 6.07 Å². The van der Waals surface area contributed by atoms with E-state index in [9.17, 15) is 4.39 Å². The molecule has 2 nitrogen and oxygen atoms in total. The molecule has 102 valence electrons. The lowest BCUT2D eigenvalue weighted by molar-refractivity contribution is 0.0788. The molecule has 0 spiro atoms. The van der Waals surface area contributed by atoms with E-state index in [1.165, 1.54) is 24.0 Å². The number of halogens is 1. The van der Waals surface area contributed by atoms with Gasteiger partial charge >= 0.3 is 0 Å². The van der Waals surface area contributed by atoms with Crippen LogP contribution in [0.4, 0.5) is 4.39 Å². The molecule has 1 saturated heterocycles. The maximum atomic E-state index is 13.2. The third-order valence-corrected chi connectivity index (χ3v) is 4.82. The van der Waals surface area contributed by atoms with Crippen LogP contribution in [0.2, 0.25) is 0 Å². The van der Waals surface area contributed by atoms with Gasteiger partial charge in [0.25, 0.3) is 0 Å². The second-order valence-corrected chi connectivity index (χ2v) is 6.17. The predicted octanol–water partition coefficient (Wildman–Crippen LogP) is 2.97. The van der Waals surface area contributed by atoms with E-state index in [2.05, 4.69) is 5.32 Å². The molecule has 0 bridgehead atoms. The second-order valence-electron chi connectivity index (χ2n) is 6.17. The van der Waals surface area contributed by atoms with Crippen molar-refractivity contribution in [1.29, 1.82) is 0 Å². The zero-order chi connectivity index (χ0) is 12.8. The van der Waals surface area contributed by atoms with Crippen molar-refractivity contribution in [3.63, 3.8) is 0 Å². The van der Waals surface area contributed by atoms with E-state index in [0.29, 0.717) is 18.2 Å². The van der Waals surface area contributed by atoms with Gasteiger partial charge in [-0.2, -0.15) is 0 Å². The molecule has 3 unspecified atom stereocenters. The summed E-state index contributed by atoms with van der Waals surface area (Å²) in [5.41, 5.74) is 2.47. The Labute approximate surface area is 113 Å². The van der Waals surface area contributed by atoms with Crippen LogP contribution in [0.1, 0.15) is 42.9 Å². The molecule has 3 atom stereocenters. The summed E-state index contributed by atoms with van der Waals surface area (Å²) in [5, 5.41) is 3.78. The molecule has 1 aromatic carbocycles. The lowest BCUT2D eigenvalue weighted by Gasteiger charge is -2.24. The Hall–Kier alpha value is -0.930. The number of hydrogen-bond acceptors (Lipinski definition) is 2. The minimum Gasteiger partial charge on any atom is -0.376 e. The van der Waals surface area contributed by atoms with Gasteiger partial charge in [0.05, 0.1) is 6.10 Å². The van der Waals surface area contributed by atoms with E-state index in [4.69, 9.17) is 4.74 Å². The average molecular weight is 261 g/mol. The quantitative estimate of drug-likeness (QED) is 0.903. The molecular weight excluding hydrogens is 241 g/mol. The average Bonchev–Trinajstić information content (AvgIpc) is 3.02. The van der Waals surface area contributed by atoms with Crippen LogP contribution in [-0.2, 0) is 11.2 Å². The summed E-state index contributed by atoms with van der Waals surface area (Å²) in [4.78, 5) is 0. The van der Waals surface area contributed by atoms with Gasteiger partial charge in [-0.3, -0.25) is 0 Å². The number of fused-ring (bicyclic) bond motifs is 1. The van der Waals surface area contributed by atoms with Crippen molar-refractivity contribution in [2.24, 2.45) is 5.92 Å². The Balaban J connectivity index is 1.49. The monoisotopic (exact) mass is 261 g/mol. The van der Waals surface area contributed by atoms with Crippen LogP contribution in [0, 0.1) is 11.7 Å². The van der Waals surface area contributed by atoms with Crippen LogP contribution in [0.3, 0.4) is 0 Å². The Morgan fingerprint density at radius 3 is 2.89 bits per heavy atom. The highest BCUT2D eigenvalue weighted by Crippen LogP contribution is 2.40. The summed E-state index contributed by atoms with van der Waals surface area (Å²) in [6.45, 7) is 0.891. The molecule has 0 radical (unpaired) electrons. The summed E-state index contributed by atoms with van der Waals surface area (Å²) < 4.78 is 19.1. The van der Waals surface area contributed by atoms with Crippen LogP contribution in [0.25, 0.3) is 0 Å². The Kier molecular flexibility index (Phi) is 2.85. The topological polar surface area (TPSA) is 21.3 Å². The maximum absolute atomic E-state index is 13.2. The van der Waals surface area contributed by atoms with Gasteiger partial charge in [0.2, 0.25) is 0 Å². The molecule has 4 rings (SSSR count). The summed E-state index contributed by atoms with van der Waals surface area (Å²) in [6.07, 6.45) is 6.28. The number of aryl methyl sites for hydroxylation is 1. The first-order valence-corrected chi connectivity index (χ1v) is 7.47. The van der Waals surface area contributed by atoms with E-state index < -0.39 is 0 Å². The maximum Gasteiger partial charge on any atom is 0.123 e. The van der Waals surface area contributed by atoms with E-state index in [1.54, 1.807) is 12.1 Å². The molecule has 2 aliphatic carbocycles. The fourth-order valence-corrected chi connectivity index (χ4v) is 3.70. The summed E-state index contributed by atoms with van der Waals surface area (Å²) in [7, 11) is 0. The van der Waals surface area contributed by atoms with Gasteiger partial charge in [-0.05, 0) is 61.3 Å². The molecular formula is C16H20FNO. The number of benzene rings is 1. The van der Waals surface area contributed by atoms with Crippen LogP contribution in [0.5, 0.6) is 0 Å². The molecule has 1 saturated carbocycles. The van der Waals surface area contributed by atoms with Gasteiger partial charge in [0.1, 0.15) is 5.82 Å². The predicted molar refractivity (Wildman–Crippen MR) is 71.5 cm³/mol. The summed E-state index contributed by atoms with van der Waals surface area (Å²) >= 11 is 0. The van der Waals surface area contributed by atoms with Crippen molar-refractivity contribution in [3.8, 4) is 0 Å². The first kappa shape index (κ1) is 11.9. The smallest absolute Gasteiger partial charge is 0.123 e. The second kappa shape index (κ2) is 4.57. The van der Waals surface area contributed by atoms with Crippen LogP contribution in [0.15, 0.2) is 18.2 Å². The van der Waals surface area contributed by atoms with Gasteiger partial charge in [0, 0.05) is 18.7 Å². The lowest BCUT2D eigenvalue weighted by Crippen LogP contribution is -2.39. The third-order valence-electron chi connectivity index (χ3n) is 4.82. The van der Waals surface area contributed by atoms with E-state index in [0.717, 1.165) is 31.8 Å². The van der Waals surface area contributed by atoms with Gasteiger partial charge in [0.15, 0.2) is 0 Å². The standard InChI is InChI=1S/C16H20FNO/c17-12-4-5-13-11(9-12)3-6-14(13)18-15-7-8-19-16(15)10-1-2-10/h4-5,9-10,14-16,18H,1-3,6-8H2. The number of ether oxygens (including phenoxy) is 1. The lowest BCUT2D eigenvalue weighted by atomic mass is 10.0. The fraction of sp³-hybridized carbons (Fsp3) is 0.625. The van der Waals surface area contributed by atoms with E-state index >= 15 is 0 Å². The molecule has 1 aromatic rings. The molecule has 0 aromatic heterocycles. The summed E-state index contributed by atoms with van der Waals surface area (Å²) in [5.74, 6) is 0.675. The van der Waals surface area contributed by atoms with Crippen molar-refractivity contribution >= 4 is 0 Å². The zero-order valence-electron chi connectivity index (χ0n) is 11.1. The molecule has 1 heterocycles. The fourth-order valence-electron chi connectivity index (χ4n) is 3.70. The first-order valence-electron chi connectivity index (χ1n) is 7.47. The van der Waals surface area contributed by atoms with Crippen LogP contribution < -0.4 is 5.32 Å².